The highest BCUT2D eigenvalue weighted by Crippen LogP contribution is 2.28. The average molecular weight is 249 g/mol. The van der Waals surface area contributed by atoms with Crippen molar-refractivity contribution in [2.24, 2.45) is 0 Å². The van der Waals surface area contributed by atoms with Gasteiger partial charge in [-0.3, -0.25) is 4.90 Å². The summed E-state index contributed by atoms with van der Waals surface area (Å²) in [4.78, 5) is 4.87. The first-order chi connectivity index (χ1) is 8.35. The maximum Gasteiger partial charge on any atom is 0.133 e. The van der Waals surface area contributed by atoms with Crippen molar-refractivity contribution in [1.29, 1.82) is 5.26 Å². The zero-order chi connectivity index (χ0) is 12.1. The number of nitrogens with zero attached hydrogens (tertiary/aromatic N) is 2. The first-order valence-corrected chi connectivity index (χ1v) is 7.09. The van der Waals surface area contributed by atoms with Crippen molar-refractivity contribution in [3.8, 4) is 6.07 Å². The molecule has 1 aromatic rings. The Labute approximate surface area is 107 Å². The fourth-order valence-corrected chi connectivity index (χ4v) is 3.21. The van der Waals surface area contributed by atoms with Crippen LogP contribution in [0.15, 0.2) is 12.1 Å². The van der Waals surface area contributed by atoms with E-state index < -0.39 is 0 Å². The molecular formula is C13H19N3S. The lowest BCUT2D eigenvalue weighted by molar-refractivity contribution is 0.255. The Kier molecular flexibility index (Phi) is 4.55. The van der Waals surface area contributed by atoms with Gasteiger partial charge in [-0.25, -0.2) is 0 Å². The van der Waals surface area contributed by atoms with Crippen molar-refractivity contribution < 1.29 is 0 Å². The molecule has 92 valence electrons. The van der Waals surface area contributed by atoms with E-state index in [1.807, 2.05) is 0 Å². The zero-order valence-electron chi connectivity index (χ0n) is 10.3. The summed E-state index contributed by atoms with van der Waals surface area (Å²) in [7, 11) is 0. The van der Waals surface area contributed by atoms with Gasteiger partial charge in [0.25, 0.3) is 0 Å². The minimum Gasteiger partial charge on any atom is -0.315 e. The Morgan fingerprint density at radius 2 is 2.35 bits per heavy atom. The Balaban J connectivity index is 2.11. The number of rotatable bonds is 3. The van der Waals surface area contributed by atoms with Crippen molar-refractivity contribution in [1.82, 2.24) is 10.2 Å². The summed E-state index contributed by atoms with van der Waals surface area (Å²) >= 11 is 1.78. The van der Waals surface area contributed by atoms with Gasteiger partial charge < -0.3 is 5.32 Å². The predicted octanol–water partition coefficient (Wildman–Crippen LogP) is 2.17. The van der Waals surface area contributed by atoms with Crippen molar-refractivity contribution >= 4 is 11.3 Å². The van der Waals surface area contributed by atoms with Gasteiger partial charge in [0.2, 0.25) is 0 Å². The van der Waals surface area contributed by atoms with Crippen LogP contribution >= 0.6 is 11.3 Å². The third kappa shape index (κ3) is 3.06. The van der Waals surface area contributed by atoms with Crippen LogP contribution in [0.25, 0.3) is 0 Å². The number of aryl methyl sites for hydroxylation is 1. The third-order valence-corrected chi connectivity index (χ3v) is 4.44. The van der Waals surface area contributed by atoms with E-state index >= 15 is 0 Å². The van der Waals surface area contributed by atoms with Crippen LogP contribution in [-0.2, 0) is 6.42 Å². The van der Waals surface area contributed by atoms with Crippen molar-refractivity contribution in [3.05, 3.63) is 21.9 Å². The molecule has 1 aromatic heterocycles. The highest BCUT2D eigenvalue weighted by atomic mass is 32.1. The molecule has 1 atom stereocenters. The van der Waals surface area contributed by atoms with Crippen molar-refractivity contribution in [2.75, 3.05) is 26.2 Å². The van der Waals surface area contributed by atoms with Crippen LogP contribution in [0, 0.1) is 11.3 Å². The largest absolute Gasteiger partial charge is 0.315 e. The molecule has 0 saturated carbocycles. The minimum atomic E-state index is -0.0554. The standard InChI is InChI=1S/C13H19N3S/c1-2-11-4-5-13(17-11)12(10-14)16-8-3-6-15-7-9-16/h4-5,12,15H,2-3,6-9H2,1H3. The van der Waals surface area contributed by atoms with E-state index in [1.165, 1.54) is 9.75 Å². The van der Waals surface area contributed by atoms with Gasteiger partial charge >= 0.3 is 0 Å². The molecule has 17 heavy (non-hydrogen) atoms. The molecular weight excluding hydrogens is 230 g/mol. The number of thiophene rings is 1. The molecule has 1 N–H and O–H groups in total. The molecule has 1 fully saturated rings. The summed E-state index contributed by atoms with van der Waals surface area (Å²) in [6.07, 6.45) is 2.19. The van der Waals surface area contributed by atoms with Crippen LogP contribution in [0.5, 0.6) is 0 Å². The van der Waals surface area contributed by atoms with E-state index in [2.05, 4.69) is 35.3 Å². The van der Waals surface area contributed by atoms with E-state index in [9.17, 15) is 5.26 Å². The fourth-order valence-electron chi connectivity index (χ4n) is 2.18. The minimum absolute atomic E-state index is 0.0554. The highest BCUT2D eigenvalue weighted by Gasteiger charge is 2.22. The summed E-state index contributed by atoms with van der Waals surface area (Å²) < 4.78 is 0. The van der Waals surface area contributed by atoms with Gasteiger partial charge in [0.15, 0.2) is 0 Å². The molecule has 0 radical (unpaired) electrons. The second-order valence-electron chi connectivity index (χ2n) is 4.33. The maximum absolute atomic E-state index is 9.40. The summed E-state index contributed by atoms with van der Waals surface area (Å²) in [6.45, 7) is 6.21. The first-order valence-electron chi connectivity index (χ1n) is 6.28. The van der Waals surface area contributed by atoms with Crippen molar-refractivity contribution in [2.45, 2.75) is 25.8 Å². The molecule has 0 spiro atoms. The number of nitrogens with one attached hydrogen (secondary N) is 1. The topological polar surface area (TPSA) is 39.1 Å². The van der Waals surface area contributed by atoms with Gasteiger partial charge in [-0.05, 0) is 31.5 Å². The SMILES string of the molecule is CCc1ccc(C(C#N)N2CCCNCC2)s1. The smallest absolute Gasteiger partial charge is 0.133 e. The predicted molar refractivity (Wildman–Crippen MR) is 71.1 cm³/mol. The molecule has 4 heteroatoms. The molecule has 1 saturated heterocycles. The van der Waals surface area contributed by atoms with E-state index in [-0.39, 0.29) is 6.04 Å². The van der Waals surface area contributed by atoms with Crippen LogP contribution in [0.1, 0.15) is 29.1 Å². The summed E-state index contributed by atoms with van der Waals surface area (Å²) in [5.41, 5.74) is 0. The Morgan fingerprint density at radius 1 is 1.47 bits per heavy atom. The van der Waals surface area contributed by atoms with Gasteiger partial charge in [-0.15, -0.1) is 11.3 Å². The number of hydrogen-bond donors (Lipinski definition) is 1. The van der Waals surface area contributed by atoms with Crippen LogP contribution in [0.4, 0.5) is 0 Å². The molecule has 3 nitrogen and oxygen atoms in total. The molecule has 0 aromatic carbocycles. The molecule has 0 amide bonds. The second-order valence-corrected chi connectivity index (χ2v) is 5.53. The average Bonchev–Trinajstić information content (AvgIpc) is 2.66. The lowest BCUT2D eigenvalue weighted by atomic mass is 10.2. The van der Waals surface area contributed by atoms with E-state index in [1.54, 1.807) is 11.3 Å². The zero-order valence-corrected chi connectivity index (χ0v) is 11.1. The lowest BCUT2D eigenvalue weighted by Crippen LogP contribution is -2.31. The number of hydrogen-bond acceptors (Lipinski definition) is 4. The molecule has 0 aliphatic carbocycles. The van der Waals surface area contributed by atoms with Crippen LogP contribution in [-0.4, -0.2) is 31.1 Å². The fraction of sp³-hybridized carbons (Fsp3) is 0.615. The maximum atomic E-state index is 9.40. The monoisotopic (exact) mass is 249 g/mol. The summed E-state index contributed by atoms with van der Waals surface area (Å²) in [6, 6.07) is 6.68. The van der Waals surface area contributed by atoms with Crippen molar-refractivity contribution in [3.63, 3.8) is 0 Å². The molecule has 2 rings (SSSR count). The Hall–Kier alpha value is -0.890. The number of nitriles is 1. The van der Waals surface area contributed by atoms with E-state index in [0.717, 1.165) is 39.0 Å². The van der Waals surface area contributed by atoms with Crippen LogP contribution in [0.3, 0.4) is 0 Å². The van der Waals surface area contributed by atoms with Gasteiger partial charge in [0, 0.05) is 29.4 Å². The second kappa shape index (κ2) is 6.15. The quantitative estimate of drug-likeness (QED) is 0.892. The van der Waals surface area contributed by atoms with Gasteiger partial charge in [-0.2, -0.15) is 5.26 Å². The molecule has 0 bridgehead atoms. The molecule has 1 aliphatic rings. The molecule has 1 aliphatic heterocycles. The lowest BCUT2D eigenvalue weighted by Gasteiger charge is -2.24. The molecule has 2 heterocycles. The Bertz CT molecular complexity index is 386. The van der Waals surface area contributed by atoms with Gasteiger partial charge in [0.05, 0.1) is 6.07 Å². The van der Waals surface area contributed by atoms with Gasteiger partial charge in [-0.1, -0.05) is 6.92 Å². The Morgan fingerprint density at radius 3 is 3.06 bits per heavy atom. The van der Waals surface area contributed by atoms with Crippen LogP contribution in [0.2, 0.25) is 0 Å². The summed E-state index contributed by atoms with van der Waals surface area (Å²) in [5.74, 6) is 0. The van der Waals surface area contributed by atoms with E-state index in [0.29, 0.717) is 0 Å². The first kappa shape index (κ1) is 12.6. The van der Waals surface area contributed by atoms with E-state index in [4.69, 9.17) is 0 Å². The van der Waals surface area contributed by atoms with Gasteiger partial charge in [0.1, 0.15) is 6.04 Å². The summed E-state index contributed by atoms with van der Waals surface area (Å²) in [5, 5.41) is 12.8. The highest BCUT2D eigenvalue weighted by molar-refractivity contribution is 7.12. The molecule has 1 unspecified atom stereocenters. The normalized spacial score (nSPS) is 19.5. The van der Waals surface area contributed by atoms with Crippen LogP contribution < -0.4 is 5.32 Å². The third-order valence-electron chi connectivity index (χ3n) is 3.16.